The molecule has 0 atom stereocenters. The topological polar surface area (TPSA) is 61.0 Å². The van der Waals surface area contributed by atoms with Gasteiger partial charge in [0.2, 0.25) is 11.8 Å². The van der Waals surface area contributed by atoms with Crippen LogP contribution in [0.4, 0.5) is 10.3 Å². The molecule has 0 fully saturated rings. The zero-order valence-corrected chi connectivity index (χ0v) is 9.70. The van der Waals surface area contributed by atoms with Crippen LogP contribution < -0.4 is 10.5 Å². The minimum atomic E-state index is -0.502. The van der Waals surface area contributed by atoms with Crippen molar-refractivity contribution in [1.29, 1.82) is 0 Å². The Labute approximate surface area is 102 Å². The number of nitrogen functional groups attached to an aromatic ring is 1. The standard InChI is InChI=1S/C11H9ClFN3O/c1-6-4-10(16-11(14)15-6)17-7-2-3-9(13)8(12)5-7/h2-5H,1H3,(H2,14,15,16). The number of aryl methyl sites for hydroxylation is 1. The Hall–Kier alpha value is -1.88. The third-order valence-corrected chi connectivity index (χ3v) is 2.25. The van der Waals surface area contributed by atoms with Gasteiger partial charge in [0, 0.05) is 17.8 Å². The van der Waals surface area contributed by atoms with Crippen LogP contribution in [0.25, 0.3) is 0 Å². The zero-order valence-electron chi connectivity index (χ0n) is 8.95. The van der Waals surface area contributed by atoms with E-state index in [1.165, 1.54) is 18.2 Å². The molecule has 2 aromatic rings. The molecule has 0 saturated carbocycles. The molecule has 88 valence electrons. The van der Waals surface area contributed by atoms with Crippen molar-refractivity contribution in [2.24, 2.45) is 0 Å². The summed E-state index contributed by atoms with van der Waals surface area (Å²) in [5.41, 5.74) is 6.16. The van der Waals surface area contributed by atoms with Crippen LogP contribution in [0.2, 0.25) is 5.02 Å². The average molecular weight is 254 g/mol. The fourth-order valence-electron chi connectivity index (χ4n) is 1.28. The van der Waals surface area contributed by atoms with Crippen molar-refractivity contribution in [3.8, 4) is 11.6 Å². The molecular weight excluding hydrogens is 245 g/mol. The lowest BCUT2D eigenvalue weighted by molar-refractivity contribution is 0.460. The van der Waals surface area contributed by atoms with Crippen LogP contribution in [0.5, 0.6) is 11.6 Å². The molecule has 2 rings (SSSR count). The maximum absolute atomic E-state index is 12.9. The highest BCUT2D eigenvalue weighted by molar-refractivity contribution is 6.30. The van der Waals surface area contributed by atoms with Crippen molar-refractivity contribution in [3.05, 3.63) is 40.8 Å². The second-order valence-electron chi connectivity index (χ2n) is 3.38. The fraction of sp³-hybridized carbons (Fsp3) is 0.0909. The first-order valence-corrected chi connectivity index (χ1v) is 5.16. The highest BCUT2D eigenvalue weighted by Gasteiger charge is 2.05. The van der Waals surface area contributed by atoms with Gasteiger partial charge in [-0.25, -0.2) is 9.37 Å². The van der Waals surface area contributed by atoms with Crippen molar-refractivity contribution in [2.75, 3.05) is 5.73 Å². The zero-order chi connectivity index (χ0) is 12.4. The Bertz CT molecular complexity index is 542. The van der Waals surface area contributed by atoms with Crippen molar-refractivity contribution in [3.63, 3.8) is 0 Å². The summed E-state index contributed by atoms with van der Waals surface area (Å²) in [6, 6.07) is 5.65. The van der Waals surface area contributed by atoms with Crippen molar-refractivity contribution in [2.45, 2.75) is 6.92 Å². The Morgan fingerprint density at radius 2 is 2.06 bits per heavy atom. The maximum Gasteiger partial charge on any atom is 0.224 e. The quantitative estimate of drug-likeness (QED) is 0.894. The first-order valence-electron chi connectivity index (χ1n) is 4.78. The Morgan fingerprint density at radius 1 is 1.29 bits per heavy atom. The van der Waals surface area contributed by atoms with Crippen LogP contribution in [0.15, 0.2) is 24.3 Å². The molecule has 0 amide bonds. The van der Waals surface area contributed by atoms with Gasteiger partial charge in [0.05, 0.1) is 5.02 Å². The molecule has 2 N–H and O–H groups in total. The second-order valence-corrected chi connectivity index (χ2v) is 3.79. The highest BCUT2D eigenvalue weighted by atomic mass is 35.5. The molecule has 0 spiro atoms. The van der Waals surface area contributed by atoms with E-state index in [0.717, 1.165) is 0 Å². The molecule has 0 unspecified atom stereocenters. The van der Waals surface area contributed by atoms with Gasteiger partial charge in [0.25, 0.3) is 0 Å². The number of halogens is 2. The van der Waals surface area contributed by atoms with E-state index in [1.807, 2.05) is 0 Å². The molecule has 17 heavy (non-hydrogen) atoms. The van der Waals surface area contributed by atoms with Crippen LogP contribution in [0.1, 0.15) is 5.69 Å². The van der Waals surface area contributed by atoms with Gasteiger partial charge >= 0.3 is 0 Å². The van der Waals surface area contributed by atoms with E-state index in [4.69, 9.17) is 22.1 Å². The van der Waals surface area contributed by atoms with E-state index in [2.05, 4.69) is 9.97 Å². The number of aromatic nitrogens is 2. The van der Waals surface area contributed by atoms with Gasteiger partial charge in [0.1, 0.15) is 11.6 Å². The van der Waals surface area contributed by atoms with Gasteiger partial charge in [-0.2, -0.15) is 4.98 Å². The van der Waals surface area contributed by atoms with Gasteiger partial charge < -0.3 is 10.5 Å². The SMILES string of the molecule is Cc1cc(Oc2ccc(F)c(Cl)c2)nc(N)n1. The van der Waals surface area contributed by atoms with Crippen LogP contribution in [0, 0.1) is 12.7 Å². The highest BCUT2D eigenvalue weighted by Crippen LogP contribution is 2.25. The molecular formula is C11H9ClFN3O. The summed E-state index contributed by atoms with van der Waals surface area (Å²) in [6.45, 7) is 1.77. The predicted molar refractivity (Wildman–Crippen MR) is 62.7 cm³/mol. The van der Waals surface area contributed by atoms with Gasteiger partial charge in [-0.15, -0.1) is 0 Å². The van der Waals surface area contributed by atoms with Gasteiger partial charge in [0.15, 0.2) is 0 Å². The summed E-state index contributed by atoms with van der Waals surface area (Å²) in [5, 5.41) is -0.0127. The van der Waals surface area contributed by atoms with Gasteiger partial charge in [-0.3, -0.25) is 0 Å². The second kappa shape index (κ2) is 4.55. The lowest BCUT2D eigenvalue weighted by atomic mass is 10.3. The number of nitrogens with two attached hydrogens (primary N) is 1. The minimum absolute atomic E-state index is 0.0127. The lowest BCUT2D eigenvalue weighted by Gasteiger charge is -2.06. The summed E-state index contributed by atoms with van der Waals surface area (Å²) < 4.78 is 18.3. The van der Waals surface area contributed by atoms with Crippen molar-refractivity contribution >= 4 is 17.5 Å². The third-order valence-electron chi connectivity index (χ3n) is 1.96. The summed E-state index contributed by atoms with van der Waals surface area (Å²) in [7, 11) is 0. The summed E-state index contributed by atoms with van der Waals surface area (Å²) >= 11 is 5.63. The number of rotatable bonds is 2. The van der Waals surface area contributed by atoms with E-state index in [1.54, 1.807) is 13.0 Å². The smallest absolute Gasteiger partial charge is 0.224 e. The molecule has 0 saturated heterocycles. The summed E-state index contributed by atoms with van der Waals surface area (Å²) in [5.74, 6) is 0.289. The number of hydrogen-bond donors (Lipinski definition) is 1. The summed E-state index contributed by atoms with van der Waals surface area (Å²) in [6.07, 6.45) is 0. The molecule has 0 aliphatic rings. The number of ether oxygens (including phenoxy) is 1. The van der Waals surface area contributed by atoms with E-state index >= 15 is 0 Å². The molecule has 0 radical (unpaired) electrons. The maximum atomic E-state index is 12.9. The molecule has 0 bridgehead atoms. The van der Waals surface area contributed by atoms with E-state index in [9.17, 15) is 4.39 Å². The Morgan fingerprint density at radius 3 is 2.71 bits per heavy atom. The molecule has 0 aliphatic carbocycles. The molecule has 4 nitrogen and oxygen atoms in total. The summed E-state index contributed by atoms with van der Waals surface area (Å²) in [4.78, 5) is 7.80. The van der Waals surface area contributed by atoms with Crippen LogP contribution >= 0.6 is 11.6 Å². The predicted octanol–water partition coefficient (Wildman–Crippen LogP) is 2.95. The fourth-order valence-corrected chi connectivity index (χ4v) is 1.45. The first-order chi connectivity index (χ1) is 8.04. The Balaban J connectivity index is 2.28. The monoisotopic (exact) mass is 253 g/mol. The van der Waals surface area contributed by atoms with Gasteiger partial charge in [-0.1, -0.05) is 11.6 Å². The number of hydrogen-bond acceptors (Lipinski definition) is 4. The molecule has 1 heterocycles. The molecule has 1 aromatic carbocycles. The molecule has 0 aliphatic heterocycles. The molecule has 1 aromatic heterocycles. The number of anilines is 1. The van der Waals surface area contributed by atoms with Crippen LogP contribution in [-0.2, 0) is 0 Å². The van der Waals surface area contributed by atoms with Crippen molar-refractivity contribution < 1.29 is 9.13 Å². The van der Waals surface area contributed by atoms with E-state index in [0.29, 0.717) is 11.4 Å². The molecule has 6 heteroatoms. The normalized spacial score (nSPS) is 10.3. The third kappa shape index (κ3) is 2.82. The van der Waals surface area contributed by atoms with Gasteiger partial charge in [-0.05, 0) is 19.1 Å². The first kappa shape index (κ1) is 11.6. The van der Waals surface area contributed by atoms with E-state index in [-0.39, 0.29) is 16.9 Å². The van der Waals surface area contributed by atoms with Crippen LogP contribution in [-0.4, -0.2) is 9.97 Å². The minimum Gasteiger partial charge on any atom is -0.439 e. The van der Waals surface area contributed by atoms with Crippen molar-refractivity contribution in [1.82, 2.24) is 9.97 Å². The number of nitrogens with zero attached hydrogens (tertiary/aromatic N) is 2. The van der Waals surface area contributed by atoms with Crippen LogP contribution in [0.3, 0.4) is 0 Å². The number of benzene rings is 1. The largest absolute Gasteiger partial charge is 0.439 e. The average Bonchev–Trinajstić information content (AvgIpc) is 2.22. The Kier molecular flexibility index (Phi) is 3.10. The van der Waals surface area contributed by atoms with E-state index < -0.39 is 5.82 Å². The lowest BCUT2D eigenvalue weighted by Crippen LogP contribution is -1.98.